The molecule has 29 heavy (non-hydrogen) atoms. The number of halogens is 4. The van der Waals surface area contributed by atoms with E-state index in [-0.39, 0.29) is 17.9 Å². The second-order valence-corrected chi connectivity index (χ2v) is 8.73. The van der Waals surface area contributed by atoms with E-state index in [1.54, 1.807) is 12.1 Å². The van der Waals surface area contributed by atoms with Gasteiger partial charge in [-0.3, -0.25) is 0 Å². The van der Waals surface area contributed by atoms with Gasteiger partial charge in [-0.05, 0) is 35.4 Å². The van der Waals surface area contributed by atoms with E-state index in [0.717, 1.165) is 11.1 Å². The lowest BCUT2D eigenvalue weighted by molar-refractivity contribution is 0.0842. The fraction of sp³-hybridized carbons (Fsp3) is 0.455. The number of aliphatic hydroxyl groups excluding tert-OH is 1. The first-order valence-electron chi connectivity index (χ1n) is 9.34. The fourth-order valence-electron chi connectivity index (χ4n) is 2.70. The summed E-state index contributed by atoms with van der Waals surface area (Å²) in [6, 6.07) is 11.1. The Morgan fingerprint density at radius 2 is 1.59 bits per heavy atom. The second-order valence-electron chi connectivity index (χ2n) is 7.61. The lowest BCUT2D eigenvalue weighted by Crippen LogP contribution is -2.20. The van der Waals surface area contributed by atoms with Crippen molar-refractivity contribution in [2.45, 2.75) is 32.3 Å². The predicted molar refractivity (Wildman–Crippen MR) is 118 cm³/mol. The third kappa shape index (κ3) is 6.39. The molecule has 0 bridgehead atoms. The highest BCUT2D eigenvalue weighted by Crippen LogP contribution is 2.40. The molecule has 2 aromatic carbocycles. The van der Waals surface area contributed by atoms with E-state index in [0.29, 0.717) is 34.0 Å². The van der Waals surface area contributed by atoms with Crippen LogP contribution in [-0.2, 0) is 5.41 Å². The van der Waals surface area contributed by atoms with E-state index < -0.39 is 12.8 Å². The van der Waals surface area contributed by atoms with Crippen LogP contribution in [0.15, 0.2) is 36.4 Å². The minimum absolute atomic E-state index is 0.0890. The van der Waals surface area contributed by atoms with Crippen LogP contribution in [0.3, 0.4) is 0 Å². The Labute approximate surface area is 186 Å². The van der Waals surface area contributed by atoms with Gasteiger partial charge in [-0.2, -0.15) is 0 Å². The van der Waals surface area contributed by atoms with Gasteiger partial charge >= 0.3 is 0 Å². The Kier molecular flexibility index (Phi) is 8.90. The molecule has 0 fully saturated rings. The summed E-state index contributed by atoms with van der Waals surface area (Å²) in [5, 5.41) is 10.2. The van der Waals surface area contributed by atoms with Gasteiger partial charge in [-0.1, -0.05) is 56.1 Å². The molecule has 1 N–H and O–H groups in total. The lowest BCUT2D eigenvalue weighted by atomic mass is 9.78. The molecular formula is C22H26Cl3FO3. The second kappa shape index (κ2) is 10.7. The van der Waals surface area contributed by atoms with Crippen molar-refractivity contribution >= 4 is 34.8 Å². The van der Waals surface area contributed by atoms with E-state index >= 15 is 0 Å². The highest BCUT2D eigenvalue weighted by atomic mass is 35.5. The average molecular weight is 464 g/mol. The van der Waals surface area contributed by atoms with Crippen molar-refractivity contribution in [1.82, 2.24) is 0 Å². The van der Waals surface area contributed by atoms with E-state index in [4.69, 9.17) is 44.3 Å². The maximum atomic E-state index is 12.3. The number of alkyl halides is 2. The van der Waals surface area contributed by atoms with Crippen LogP contribution in [0.2, 0.25) is 10.0 Å². The van der Waals surface area contributed by atoms with E-state index in [1.165, 1.54) is 0 Å². The van der Waals surface area contributed by atoms with Crippen LogP contribution >= 0.6 is 34.8 Å². The molecule has 3 nitrogen and oxygen atoms in total. The molecule has 2 rings (SSSR count). The average Bonchev–Trinajstić information content (AvgIpc) is 2.71. The standard InChI is InChI=1S/C22H26Cl3FO3/c1-14(10-23)12-29-21-19(24)8-16(9-20(21)25)22(2,3)15-4-6-18(7-5-15)28-13-17(27)11-26/h4-9,14,17,27H,10-13H2,1-3H3/t14-,17-/m1/s1. The number of hydrogen-bond donors (Lipinski definition) is 1. The van der Waals surface area contributed by atoms with Crippen LogP contribution in [0.5, 0.6) is 11.5 Å². The maximum absolute atomic E-state index is 12.3. The van der Waals surface area contributed by atoms with E-state index in [2.05, 4.69) is 13.8 Å². The first-order valence-corrected chi connectivity index (χ1v) is 10.6. The van der Waals surface area contributed by atoms with Crippen LogP contribution in [0, 0.1) is 5.92 Å². The smallest absolute Gasteiger partial charge is 0.156 e. The van der Waals surface area contributed by atoms with E-state index in [9.17, 15) is 9.50 Å². The summed E-state index contributed by atoms with van der Waals surface area (Å²) in [7, 11) is 0. The SMILES string of the molecule is C[C@H](CCl)COc1c(Cl)cc(C(C)(C)c2ccc(OC[C@H](O)CF)cc2)cc1Cl. The molecule has 0 heterocycles. The number of hydrogen-bond acceptors (Lipinski definition) is 3. The van der Waals surface area contributed by atoms with Crippen LogP contribution in [-0.4, -0.2) is 37.0 Å². The molecule has 0 aliphatic heterocycles. The highest BCUT2D eigenvalue weighted by Gasteiger charge is 2.26. The number of aliphatic hydroxyl groups is 1. The van der Waals surface area contributed by atoms with Gasteiger partial charge < -0.3 is 14.6 Å². The van der Waals surface area contributed by atoms with Crippen molar-refractivity contribution in [2.75, 3.05) is 25.8 Å². The first-order chi connectivity index (χ1) is 13.7. The summed E-state index contributed by atoms with van der Waals surface area (Å²) in [6.07, 6.45) is -1.12. The zero-order valence-corrected chi connectivity index (χ0v) is 19.0. The van der Waals surface area contributed by atoms with Gasteiger partial charge in [0.2, 0.25) is 0 Å². The molecule has 0 radical (unpaired) electrons. The summed E-state index contributed by atoms with van der Waals surface area (Å²) in [4.78, 5) is 0. The molecular weight excluding hydrogens is 438 g/mol. The Bertz CT molecular complexity index is 773. The minimum atomic E-state index is -1.12. The van der Waals surface area contributed by atoms with Crippen LogP contribution in [0.1, 0.15) is 31.9 Å². The zero-order valence-electron chi connectivity index (χ0n) is 16.7. The Hall–Kier alpha value is -1.20. The summed E-state index contributed by atoms with van der Waals surface area (Å²) in [6.45, 7) is 5.62. The van der Waals surface area contributed by atoms with Crippen molar-refractivity contribution in [3.63, 3.8) is 0 Å². The van der Waals surface area contributed by atoms with Crippen LogP contribution in [0.4, 0.5) is 4.39 Å². The normalized spacial score (nSPS) is 13.8. The first kappa shape index (κ1) is 24.1. The van der Waals surface area contributed by atoms with Gasteiger partial charge in [0.25, 0.3) is 0 Å². The topological polar surface area (TPSA) is 38.7 Å². The number of ether oxygens (including phenoxy) is 2. The third-order valence-corrected chi connectivity index (χ3v) is 5.78. The molecule has 0 saturated carbocycles. The molecule has 0 aromatic heterocycles. The van der Waals surface area contributed by atoms with Gasteiger partial charge in [0.15, 0.2) is 5.75 Å². The Balaban J connectivity index is 2.19. The Morgan fingerprint density at radius 1 is 1.00 bits per heavy atom. The van der Waals surface area contributed by atoms with Gasteiger partial charge in [-0.15, -0.1) is 11.6 Å². The van der Waals surface area contributed by atoms with Crippen molar-refractivity contribution in [3.8, 4) is 11.5 Å². The summed E-state index contributed by atoms with van der Waals surface area (Å²) in [5.41, 5.74) is 1.57. The van der Waals surface area contributed by atoms with Crippen LogP contribution < -0.4 is 9.47 Å². The molecule has 0 spiro atoms. The quantitative estimate of drug-likeness (QED) is 0.421. The largest absolute Gasteiger partial charge is 0.491 e. The molecule has 7 heteroatoms. The molecule has 0 aliphatic rings. The molecule has 2 aromatic rings. The lowest BCUT2D eigenvalue weighted by Gasteiger charge is -2.27. The molecule has 2 atom stereocenters. The molecule has 0 aliphatic carbocycles. The monoisotopic (exact) mass is 462 g/mol. The van der Waals surface area contributed by atoms with Gasteiger partial charge in [0.1, 0.15) is 25.1 Å². The molecule has 0 unspecified atom stereocenters. The molecule has 0 amide bonds. The van der Waals surface area contributed by atoms with Crippen LogP contribution in [0.25, 0.3) is 0 Å². The van der Waals surface area contributed by atoms with E-state index in [1.807, 2.05) is 31.2 Å². The van der Waals surface area contributed by atoms with Crippen molar-refractivity contribution in [1.29, 1.82) is 0 Å². The molecule has 160 valence electrons. The number of rotatable bonds is 10. The van der Waals surface area contributed by atoms with Gasteiger partial charge in [0, 0.05) is 17.2 Å². The van der Waals surface area contributed by atoms with Crippen molar-refractivity contribution in [3.05, 3.63) is 57.6 Å². The van der Waals surface area contributed by atoms with Gasteiger partial charge in [0.05, 0.1) is 16.7 Å². The molecule has 0 saturated heterocycles. The maximum Gasteiger partial charge on any atom is 0.156 e. The number of benzene rings is 2. The Morgan fingerprint density at radius 3 is 2.10 bits per heavy atom. The highest BCUT2D eigenvalue weighted by molar-refractivity contribution is 6.37. The third-order valence-electron chi connectivity index (χ3n) is 4.69. The zero-order chi connectivity index (χ0) is 21.6. The van der Waals surface area contributed by atoms with Crippen molar-refractivity contribution < 1.29 is 19.0 Å². The predicted octanol–water partition coefficient (Wildman–Crippen LogP) is 6.28. The fourth-order valence-corrected chi connectivity index (χ4v) is 3.39. The minimum Gasteiger partial charge on any atom is -0.491 e. The summed E-state index contributed by atoms with van der Waals surface area (Å²) in [5.74, 6) is 1.70. The summed E-state index contributed by atoms with van der Waals surface area (Å²) >= 11 is 18.7. The summed E-state index contributed by atoms with van der Waals surface area (Å²) < 4.78 is 23.5. The van der Waals surface area contributed by atoms with Crippen molar-refractivity contribution in [2.24, 2.45) is 5.92 Å². The van der Waals surface area contributed by atoms with Gasteiger partial charge in [-0.25, -0.2) is 4.39 Å².